The van der Waals surface area contributed by atoms with Crippen LogP contribution in [0.4, 0.5) is 0 Å². The maximum atomic E-state index is 5.77. The lowest BCUT2D eigenvalue weighted by Crippen LogP contribution is -2.15. The maximum absolute atomic E-state index is 5.77. The van der Waals surface area contributed by atoms with Gasteiger partial charge in [-0.05, 0) is 17.5 Å². The predicted octanol–water partition coefficient (Wildman–Crippen LogP) is 2.36. The summed E-state index contributed by atoms with van der Waals surface area (Å²) in [6.07, 6.45) is 3.47. The van der Waals surface area contributed by atoms with E-state index in [4.69, 9.17) is 10.5 Å². The zero-order valence-corrected chi connectivity index (χ0v) is 9.69. The van der Waals surface area contributed by atoms with Gasteiger partial charge in [-0.15, -0.1) is 11.3 Å². The molecular weight excluding hydrogens is 220 g/mol. The van der Waals surface area contributed by atoms with Crippen molar-refractivity contribution in [1.29, 1.82) is 0 Å². The minimum Gasteiger partial charge on any atom is -0.367 e. The fourth-order valence-electron chi connectivity index (χ4n) is 1.44. The van der Waals surface area contributed by atoms with Crippen LogP contribution in [-0.2, 0) is 11.3 Å². The van der Waals surface area contributed by atoms with Crippen molar-refractivity contribution in [1.82, 2.24) is 4.98 Å². The van der Waals surface area contributed by atoms with Gasteiger partial charge in [-0.25, -0.2) is 0 Å². The first kappa shape index (κ1) is 11.3. The van der Waals surface area contributed by atoms with Crippen LogP contribution in [0.3, 0.4) is 0 Å². The van der Waals surface area contributed by atoms with E-state index in [9.17, 15) is 0 Å². The van der Waals surface area contributed by atoms with E-state index in [0.29, 0.717) is 13.2 Å². The van der Waals surface area contributed by atoms with Crippen molar-refractivity contribution in [3.05, 3.63) is 52.5 Å². The normalized spacial score (nSPS) is 12.6. The Labute approximate surface area is 98.9 Å². The SMILES string of the molecule is NCC(OCc1cccs1)c1cccnc1. The summed E-state index contributed by atoms with van der Waals surface area (Å²) in [5, 5.41) is 2.04. The van der Waals surface area contributed by atoms with Gasteiger partial charge in [0.2, 0.25) is 0 Å². The van der Waals surface area contributed by atoms with Crippen LogP contribution in [0.25, 0.3) is 0 Å². The molecule has 84 valence electrons. The first-order chi connectivity index (χ1) is 7.90. The van der Waals surface area contributed by atoms with E-state index in [1.807, 2.05) is 23.6 Å². The number of nitrogens with zero attached hydrogens (tertiary/aromatic N) is 1. The zero-order valence-electron chi connectivity index (χ0n) is 8.87. The number of nitrogens with two attached hydrogens (primary N) is 1. The quantitative estimate of drug-likeness (QED) is 0.864. The summed E-state index contributed by atoms with van der Waals surface area (Å²) in [5.41, 5.74) is 6.72. The molecule has 2 aromatic heterocycles. The summed E-state index contributed by atoms with van der Waals surface area (Å²) in [6.45, 7) is 1.07. The average Bonchev–Trinajstić information content (AvgIpc) is 2.84. The average molecular weight is 234 g/mol. The Morgan fingerprint density at radius 1 is 1.38 bits per heavy atom. The highest BCUT2D eigenvalue weighted by atomic mass is 32.1. The lowest BCUT2D eigenvalue weighted by atomic mass is 10.1. The Morgan fingerprint density at radius 3 is 2.94 bits per heavy atom. The summed E-state index contributed by atoms with van der Waals surface area (Å²) in [6, 6.07) is 7.96. The van der Waals surface area contributed by atoms with Gasteiger partial charge in [0.25, 0.3) is 0 Å². The molecule has 0 aromatic carbocycles. The van der Waals surface area contributed by atoms with Crippen LogP contribution < -0.4 is 5.73 Å². The lowest BCUT2D eigenvalue weighted by Gasteiger charge is -2.15. The molecule has 2 aromatic rings. The van der Waals surface area contributed by atoms with Crippen LogP contribution in [0.5, 0.6) is 0 Å². The third-order valence-electron chi connectivity index (χ3n) is 2.28. The molecule has 0 radical (unpaired) electrons. The third-order valence-corrected chi connectivity index (χ3v) is 3.13. The Hall–Kier alpha value is -1.23. The molecule has 0 spiro atoms. The number of hydrogen-bond donors (Lipinski definition) is 1. The second-order valence-electron chi connectivity index (χ2n) is 3.40. The minimum atomic E-state index is -0.0733. The summed E-state index contributed by atoms with van der Waals surface area (Å²) < 4.78 is 5.77. The second-order valence-corrected chi connectivity index (χ2v) is 4.43. The number of thiophene rings is 1. The van der Waals surface area contributed by atoms with Gasteiger partial charge in [-0.2, -0.15) is 0 Å². The topological polar surface area (TPSA) is 48.1 Å². The van der Waals surface area contributed by atoms with E-state index in [2.05, 4.69) is 11.1 Å². The summed E-state index contributed by atoms with van der Waals surface area (Å²) >= 11 is 1.69. The molecule has 0 aliphatic carbocycles. The molecule has 1 unspecified atom stereocenters. The first-order valence-electron chi connectivity index (χ1n) is 5.14. The molecule has 2 rings (SSSR count). The largest absolute Gasteiger partial charge is 0.367 e. The fourth-order valence-corrected chi connectivity index (χ4v) is 2.07. The summed E-state index contributed by atoms with van der Waals surface area (Å²) in [5.74, 6) is 0. The van der Waals surface area contributed by atoms with Gasteiger partial charge in [0.15, 0.2) is 0 Å². The molecule has 0 saturated carbocycles. The second kappa shape index (κ2) is 5.75. The molecule has 0 bridgehead atoms. The smallest absolute Gasteiger partial charge is 0.0966 e. The predicted molar refractivity (Wildman–Crippen MR) is 65.1 cm³/mol. The molecule has 2 heterocycles. The van der Waals surface area contributed by atoms with E-state index in [0.717, 1.165) is 5.56 Å². The van der Waals surface area contributed by atoms with Crippen molar-refractivity contribution >= 4 is 11.3 Å². The van der Waals surface area contributed by atoms with Crippen LogP contribution >= 0.6 is 11.3 Å². The number of hydrogen-bond acceptors (Lipinski definition) is 4. The minimum absolute atomic E-state index is 0.0733. The van der Waals surface area contributed by atoms with E-state index < -0.39 is 0 Å². The third kappa shape index (κ3) is 2.88. The molecule has 0 aliphatic rings. The van der Waals surface area contributed by atoms with Gasteiger partial charge in [-0.3, -0.25) is 4.98 Å². The monoisotopic (exact) mass is 234 g/mol. The van der Waals surface area contributed by atoms with Crippen molar-refractivity contribution in [2.24, 2.45) is 5.73 Å². The van der Waals surface area contributed by atoms with Gasteiger partial charge < -0.3 is 10.5 Å². The molecule has 0 aliphatic heterocycles. The van der Waals surface area contributed by atoms with Gasteiger partial charge in [0.1, 0.15) is 0 Å². The van der Waals surface area contributed by atoms with Crippen molar-refractivity contribution in [2.45, 2.75) is 12.7 Å². The first-order valence-corrected chi connectivity index (χ1v) is 6.02. The molecule has 0 saturated heterocycles. The molecule has 3 nitrogen and oxygen atoms in total. The Morgan fingerprint density at radius 2 is 2.31 bits per heavy atom. The van der Waals surface area contributed by atoms with Crippen LogP contribution in [0.1, 0.15) is 16.5 Å². The molecule has 2 N–H and O–H groups in total. The Balaban J connectivity index is 1.96. The van der Waals surface area contributed by atoms with Gasteiger partial charge >= 0.3 is 0 Å². The Kier molecular flexibility index (Phi) is 4.04. The molecule has 0 amide bonds. The zero-order chi connectivity index (χ0) is 11.2. The summed E-state index contributed by atoms with van der Waals surface area (Å²) in [7, 11) is 0. The molecule has 16 heavy (non-hydrogen) atoms. The van der Waals surface area contributed by atoms with Crippen LogP contribution in [-0.4, -0.2) is 11.5 Å². The maximum Gasteiger partial charge on any atom is 0.0966 e. The fraction of sp³-hybridized carbons (Fsp3) is 0.250. The van der Waals surface area contributed by atoms with Crippen molar-refractivity contribution in [2.75, 3.05) is 6.54 Å². The van der Waals surface area contributed by atoms with Gasteiger partial charge in [0, 0.05) is 29.4 Å². The molecule has 4 heteroatoms. The molecule has 1 atom stereocenters. The van der Waals surface area contributed by atoms with E-state index in [1.54, 1.807) is 23.7 Å². The highest BCUT2D eigenvalue weighted by molar-refractivity contribution is 7.09. The number of ether oxygens (including phenoxy) is 1. The van der Waals surface area contributed by atoms with Crippen molar-refractivity contribution in [3.8, 4) is 0 Å². The number of aromatic nitrogens is 1. The molecule has 0 fully saturated rings. The van der Waals surface area contributed by atoms with Gasteiger partial charge in [-0.1, -0.05) is 12.1 Å². The van der Waals surface area contributed by atoms with Crippen molar-refractivity contribution < 1.29 is 4.74 Å². The Bertz CT molecular complexity index is 402. The summed E-state index contributed by atoms with van der Waals surface area (Å²) in [4.78, 5) is 5.28. The van der Waals surface area contributed by atoms with E-state index in [1.165, 1.54) is 4.88 Å². The molecular formula is C12H14N2OS. The van der Waals surface area contributed by atoms with Gasteiger partial charge in [0.05, 0.1) is 12.7 Å². The van der Waals surface area contributed by atoms with Crippen LogP contribution in [0.15, 0.2) is 42.0 Å². The number of pyridine rings is 1. The highest BCUT2D eigenvalue weighted by Gasteiger charge is 2.10. The van der Waals surface area contributed by atoms with E-state index >= 15 is 0 Å². The number of rotatable bonds is 5. The van der Waals surface area contributed by atoms with Crippen LogP contribution in [0, 0.1) is 0 Å². The van der Waals surface area contributed by atoms with E-state index in [-0.39, 0.29) is 6.10 Å². The van der Waals surface area contributed by atoms with Crippen molar-refractivity contribution in [3.63, 3.8) is 0 Å². The lowest BCUT2D eigenvalue weighted by molar-refractivity contribution is 0.0470. The van der Waals surface area contributed by atoms with Crippen LogP contribution in [0.2, 0.25) is 0 Å². The standard InChI is InChI=1S/C12H14N2OS/c13-7-12(10-3-1-5-14-8-10)15-9-11-4-2-6-16-11/h1-6,8,12H,7,9,13H2. The highest BCUT2D eigenvalue weighted by Crippen LogP contribution is 2.18.